The Bertz CT molecular complexity index is 924. The van der Waals surface area contributed by atoms with Crippen molar-refractivity contribution >= 4 is 17.5 Å². The molecule has 0 bridgehead atoms. The number of quaternary nitrogens is 1. The summed E-state index contributed by atoms with van der Waals surface area (Å²) in [5.74, 6) is 1.99. The van der Waals surface area contributed by atoms with Crippen LogP contribution < -0.4 is 14.4 Å². The van der Waals surface area contributed by atoms with Crippen molar-refractivity contribution in [3.8, 4) is 11.5 Å². The van der Waals surface area contributed by atoms with E-state index in [0.717, 1.165) is 62.8 Å². The van der Waals surface area contributed by atoms with Crippen LogP contribution >= 0.6 is 11.6 Å². The second-order valence-electron chi connectivity index (χ2n) is 8.26. The lowest BCUT2D eigenvalue weighted by molar-refractivity contribution is -0.917. The number of nitrogens with one attached hydrogen (secondary N) is 1. The van der Waals surface area contributed by atoms with Crippen LogP contribution in [0.25, 0.3) is 0 Å². The molecule has 0 saturated carbocycles. The maximum absolute atomic E-state index is 13.0. The number of amides is 1. The third kappa shape index (κ3) is 3.94. The standard InChI is InChI=1S/C23H25ClN2O3/c24-20-2-4-22-18(13-20)12-19(15-29-22)23(27)26-8-6-25(7-9-26)14-16-1-3-21-17(11-16)5-10-28-21/h1-4,11,13,19H,5-10,12,14-15H2/p+1/t19-/m1/s1. The minimum Gasteiger partial charge on any atom is -0.493 e. The van der Waals surface area contributed by atoms with Crippen molar-refractivity contribution in [2.75, 3.05) is 39.4 Å². The molecule has 5 nitrogen and oxygen atoms in total. The zero-order valence-electron chi connectivity index (χ0n) is 16.5. The molecule has 1 amide bonds. The normalized spacial score (nSPS) is 21.1. The van der Waals surface area contributed by atoms with Crippen molar-refractivity contribution in [2.45, 2.75) is 19.4 Å². The van der Waals surface area contributed by atoms with Crippen LogP contribution in [0.4, 0.5) is 0 Å². The fraction of sp³-hybridized carbons (Fsp3) is 0.435. The summed E-state index contributed by atoms with van der Waals surface area (Å²) in [5.41, 5.74) is 3.72. The molecular formula is C23H26ClN2O3+. The van der Waals surface area contributed by atoms with Gasteiger partial charge in [0.05, 0.1) is 38.7 Å². The van der Waals surface area contributed by atoms with Crippen molar-refractivity contribution in [1.29, 1.82) is 0 Å². The molecule has 0 aromatic heterocycles. The third-order valence-electron chi connectivity index (χ3n) is 6.27. The quantitative estimate of drug-likeness (QED) is 0.833. The number of benzene rings is 2. The Hall–Kier alpha value is -2.24. The second-order valence-corrected chi connectivity index (χ2v) is 8.69. The van der Waals surface area contributed by atoms with Gasteiger partial charge < -0.3 is 19.3 Å². The Labute approximate surface area is 176 Å². The molecule has 29 heavy (non-hydrogen) atoms. The maximum Gasteiger partial charge on any atom is 0.229 e. The number of ether oxygens (including phenoxy) is 2. The fourth-order valence-electron chi connectivity index (χ4n) is 4.64. The summed E-state index contributed by atoms with van der Waals surface area (Å²) < 4.78 is 11.4. The molecule has 5 rings (SSSR count). The van der Waals surface area contributed by atoms with Crippen LogP contribution in [0.15, 0.2) is 36.4 Å². The van der Waals surface area contributed by atoms with Gasteiger partial charge in [-0.3, -0.25) is 4.79 Å². The first-order chi connectivity index (χ1) is 14.2. The molecule has 1 N–H and O–H groups in total. The highest BCUT2D eigenvalue weighted by Crippen LogP contribution is 2.30. The number of rotatable bonds is 3. The van der Waals surface area contributed by atoms with Crippen molar-refractivity contribution in [3.05, 3.63) is 58.1 Å². The molecule has 3 heterocycles. The molecule has 3 aliphatic rings. The summed E-state index contributed by atoms with van der Waals surface area (Å²) in [6.07, 6.45) is 1.72. The van der Waals surface area contributed by atoms with Crippen molar-refractivity contribution in [3.63, 3.8) is 0 Å². The van der Waals surface area contributed by atoms with Gasteiger partial charge >= 0.3 is 0 Å². The molecule has 1 saturated heterocycles. The van der Waals surface area contributed by atoms with Gasteiger partial charge in [-0.1, -0.05) is 11.6 Å². The van der Waals surface area contributed by atoms with Crippen LogP contribution in [-0.4, -0.2) is 50.2 Å². The summed E-state index contributed by atoms with van der Waals surface area (Å²) in [6, 6.07) is 12.2. The predicted molar refractivity (Wildman–Crippen MR) is 111 cm³/mol. The third-order valence-corrected chi connectivity index (χ3v) is 6.50. The molecule has 0 spiro atoms. The van der Waals surface area contributed by atoms with E-state index < -0.39 is 0 Å². The van der Waals surface area contributed by atoms with E-state index in [1.165, 1.54) is 16.0 Å². The van der Waals surface area contributed by atoms with Crippen molar-refractivity contribution in [1.82, 2.24) is 4.90 Å². The topological polar surface area (TPSA) is 43.2 Å². The molecule has 2 aromatic rings. The zero-order valence-corrected chi connectivity index (χ0v) is 17.2. The smallest absolute Gasteiger partial charge is 0.229 e. The van der Waals surface area contributed by atoms with Gasteiger partial charge in [0.25, 0.3) is 0 Å². The lowest BCUT2D eigenvalue weighted by atomic mass is 9.95. The first-order valence-corrected chi connectivity index (χ1v) is 10.8. The Morgan fingerprint density at radius 2 is 1.86 bits per heavy atom. The summed E-state index contributed by atoms with van der Waals surface area (Å²) >= 11 is 6.11. The lowest BCUT2D eigenvalue weighted by Crippen LogP contribution is -3.13. The van der Waals surface area contributed by atoms with E-state index in [-0.39, 0.29) is 11.8 Å². The number of carbonyl (C=O) groups is 1. The first-order valence-electron chi connectivity index (χ1n) is 10.4. The van der Waals surface area contributed by atoms with E-state index in [9.17, 15) is 4.79 Å². The van der Waals surface area contributed by atoms with Crippen LogP contribution in [0.1, 0.15) is 16.7 Å². The van der Waals surface area contributed by atoms with Gasteiger partial charge in [-0.25, -0.2) is 0 Å². The van der Waals surface area contributed by atoms with Gasteiger partial charge in [0, 0.05) is 17.0 Å². The molecule has 0 unspecified atom stereocenters. The number of hydrogen-bond donors (Lipinski definition) is 1. The Balaban J connectivity index is 1.16. The molecule has 1 atom stereocenters. The summed E-state index contributed by atoms with van der Waals surface area (Å²) in [4.78, 5) is 16.6. The van der Waals surface area contributed by atoms with E-state index in [1.807, 2.05) is 23.1 Å². The number of carbonyl (C=O) groups excluding carboxylic acids is 1. The van der Waals surface area contributed by atoms with E-state index in [4.69, 9.17) is 21.1 Å². The maximum atomic E-state index is 13.0. The lowest BCUT2D eigenvalue weighted by Gasteiger charge is -2.35. The van der Waals surface area contributed by atoms with Crippen LogP contribution in [0.2, 0.25) is 5.02 Å². The number of fused-ring (bicyclic) bond motifs is 2. The molecule has 0 radical (unpaired) electrons. The highest BCUT2D eigenvalue weighted by molar-refractivity contribution is 6.30. The van der Waals surface area contributed by atoms with Crippen LogP contribution in [0.5, 0.6) is 11.5 Å². The predicted octanol–water partition coefficient (Wildman–Crippen LogP) is 1.75. The SMILES string of the molecule is O=C([C@H]1COc2ccc(Cl)cc2C1)N1CC[NH+](Cc2ccc3c(c2)CCO3)CC1. The Kier molecular flexibility index (Phi) is 5.10. The van der Waals surface area contributed by atoms with Crippen molar-refractivity contribution < 1.29 is 19.2 Å². The number of halogens is 1. The Morgan fingerprint density at radius 1 is 1.07 bits per heavy atom. The molecule has 152 valence electrons. The van der Waals surface area contributed by atoms with E-state index in [1.54, 1.807) is 0 Å². The Morgan fingerprint density at radius 3 is 2.72 bits per heavy atom. The van der Waals surface area contributed by atoms with Gasteiger partial charge in [-0.2, -0.15) is 0 Å². The molecule has 6 heteroatoms. The summed E-state index contributed by atoms with van der Waals surface area (Å²) in [6.45, 7) is 5.84. The highest BCUT2D eigenvalue weighted by Gasteiger charge is 2.32. The minimum atomic E-state index is -0.112. The fourth-order valence-corrected chi connectivity index (χ4v) is 4.83. The zero-order chi connectivity index (χ0) is 19.8. The number of piperazine rings is 1. The second kappa shape index (κ2) is 7.88. The van der Waals surface area contributed by atoms with Crippen LogP contribution in [0.3, 0.4) is 0 Å². The molecule has 1 fully saturated rings. The molecule has 2 aromatic carbocycles. The minimum absolute atomic E-state index is 0.112. The largest absolute Gasteiger partial charge is 0.493 e. The molecule has 3 aliphatic heterocycles. The first kappa shape index (κ1) is 18.8. The van der Waals surface area contributed by atoms with Crippen molar-refractivity contribution in [2.24, 2.45) is 5.92 Å². The number of nitrogens with zero attached hydrogens (tertiary/aromatic N) is 1. The van der Waals surface area contributed by atoms with Gasteiger partial charge in [0.15, 0.2) is 0 Å². The van der Waals surface area contributed by atoms with E-state index in [0.29, 0.717) is 18.1 Å². The number of hydrogen-bond acceptors (Lipinski definition) is 3. The summed E-state index contributed by atoms with van der Waals surface area (Å²) in [7, 11) is 0. The van der Waals surface area contributed by atoms with Gasteiger partial charge in [0.1, 0.15) is 24.7 Å². The van der Waals surface area contributed by atoms with E-state index in [2.05, 4.69) is 18.2 Å². The molecular weight excluding hydrogens is 388 g/mol. The van der Waals surface area contributed by atoms with Gasteiger partial charge in [0.2, 0.25) is 5.91 Å². The molecule has 0 aliphatic carbocycles. The van der Waals surface area contributed by atoms with E-state index >= 15 is 0 Å². The van der Waals surface area contributed by atoms with Crippen LogP contribution in [-0.2, 0) is 24.2 Å². The summed E-state index contributed by atoms with van der Waals surface area (Å²) in [5, 5.41) is 0.691. The highest BCUT2D eigenvalue weighted by atomic mass is 35.5. The van der Waals surface area contributed by atoms with Gasteiger partial charge in [-0.05, 0) is 53.9 Å². The average molecular weight is 414 g/mol. The van der Waals surface area contributed by atoms with Crippen LogP contribution in [0, 0.1) is 5.92 Å². The monoisotopic (exact) mass is 413 g/mol. The van der Waals surface area contributed by atoms with Gasteiger partial charge in [-0.15, -0.1) is 0 Å². The average Bonchev–Trinajstić information content (AvgIpc) is 3.21.